The molecule has 0 aliphatic heterocycles. The monoisotopic (exact) mass is 247 g/mol. The smallest absolute Gasteiger partial charge is 0.0950 e. The Morgan fingerprint density at radius 2 is 2.41 bits per heavy atom. The Morgan fingerprint density at radius 1 is 1.47 bits per heavy atom. The first-order valence-corrected chi connectivity index (χ1v) is 7.03. The van der Waals surface area contributed by atoms with Crippen LogP contribution in [-0.4, -0.2) is 7.05 Å². The van der Waals surface area contributed by atoms with Gasteiger partial charge in [-0.25, -0.2) is 0 Å². The first-order valence-electron chi connectivity index (χ1n) is 6.16. The third-order valence-corrected chi connectivity index (χ3v) is 4.71. The predicted molar refractivity (Wildman–Crippen MR) is 70.5 cm³/mol. The summed E-state index contributed by atoms with van der Waals surface area (Å²) in [4.78, 5) is 1.57. The molecule has 90 valence electrons. The highest BCUT2D eigenvalue weighted by Gasteiger charge is 2.29. The van der Waals surface area contributed by atoms with Gasteiger partial charge < -0.3 is 9.73 Å². The quantitative estimate of drug-likeness (QED) is 0.894. The number of nitrogens with one attached hydrogen (secondary N) is 1. The molecule has 0 aromatic carbocycles. The molecule has 1 aliphatic rings. The summed E-state index contributed by atoms with van der Waals surface area (Å²) in [5.41, 5.74) is 2.80. The van der Waals surface area contributed by atoms with E-state index in [-0.39, 0.29) is 0 Å². The van der Waals surface area contributed by atoms with Crippen LogP contribution >= 0.6 is 11.3 Å². The van der Waals surface area contributed by atoms with E-state index in [4.69, 9.17) is 4.42 Å². The molecule has 0 radical (unpaired) electrons. The molecule has 17 heavy (non-hydrogen) atoms. The molecule has 1 N–H and O–H groups in total. The van der Waals surface area contributed by atoms with Gasteiger partial charge in [0.1, 0.15) is 0 Å². The molecule has 1 aliphatic carbocycles. The minimum Gasteiger partial charge on any atom is -0.472 e. The summed E-state index contributed by atoms with van der Waals surface area (Å²) in [5.74, 6) is 0.590. The van der Waals surface area contributed by atoms with Crippen molar-refractivity contribution in [2.45, 2.75) is 31.2 Å². The van der Waals surface area contributed by atoms with E-state index in [1.807, 2.05) is 24.6 Å². The molecule has 0 bridgehead atoms. The molecule has 3 rings (SSSR count). The van der Waals surface area contributed by atoms with Gasteiger partial charge >= 0.3 is 0 Å². The number of hydrogen-bond donors (Lipinski definition) is 1. The Hall–Kier alpha value is -1.06. The molecule has 0 spiro atoms. The number of fused-ring (bicyclic) bond motifs is 1. The molecule has 2 atom stereocenters. The molecular formula is C14H17NOS. The molecule has 0 fully saturated rings. The van der Waals surface area contributed by atoms with Crippen LogP contribution in [0.3, 0.4) is 0 Å². The molecule has 2 heterocycles. The fourth-order valence-electron chi connectivity index (χ4n) is 2.92. The van der Waals surface area contributed by atoms with Crippen LogP contribution in [0.5, 0.6) is 0 Å². The number of hydrogen-bond acceptors (Lipinski definition) is 3. The van der Waals surface area contributed by atoms with Crippen molar-refractivity contribution in [3.63, 3.8) is 0 Å². The lowest BCUT2D eigenvalue weighted by atomic mass is 9.80. The first kappa shape index (κ1) is 11.1. The van der Waals surface area contributed by atoms with Crippen LogP contribution in [-0.2, 0) is 6.42 Å². The van der Waals surface area contributed by atoms with E-state index in [1.54, 1.807) is 16.7 Å². The van der Waals surface area contributed by atoms with Crippen molar-refractivity contribution in [1.82, 2.24) is 5.32 Å². The Labute approximate surface area is 106 Å². The highest BCUT2D eigenvalue weighted by Crippen LogP contribution is 2.42. The highest BCUT2D eigenvalue weighted by atomic mass is 32.1. The predicted octanol–water partition coefficient (Wildman–Crippen LogP) is 3.72. The average Bonchev–Trinajstić information content (AvgIpc) is 3.00. The van der Waals surface area contributed by atoms with Crippen LogP contribution in [0.1, 0.15) is 40.8 Å². The normalized spacial score (nSPS) is 21.1. The molecule has 3 heteroatoms. The summed E-state index contributed by atoms with van der Waals surface area (Å²) < 4.78 is 5.22. The molecule has 2 unspecified atom stereocenters. The summed E-state index contributed by atoms with van der Waals surface area (Å²) in [6, 6.07) is 4.75. The Bertz CT molecular complexity index is 474. The lowest BCUT2D eigenvalue weighted by molar-refractivity contribution is 0.424. The van der Waals surface area contributed by atoms with Crippen LogP contribution in [0.4, 0.5) is 0 Å². The van der Waals surface area contributed by atoms with Gasteiger partial charge in [-0.1, -0.05) is 0 Å². The molecular weight excluding hydrogens is 230 g/mol. The van der Waals surface area contributed by atoms with Gasteiger partial charge in [0, 0.05) is 22.4 Å². The third kappa shape index (κ3) is 1.94. The topological polar surface area (TPSA) is 25.2 Å². The van der Waals surface area contributed by atoms with Crippen molar-refractivity contribution >= 4 is 11.3 Å². The highest BCUT2D eigenvalue weighted by molar-refractivity contribution is 7.10. The van der Waals surface area contributed by atoms with Crippen molar-refractivity contribution in [3.8, 4) is 0 Å². The van der Waals surface area contributed by atoms with E-state index in [0.717, 1.165) is 0 Å². The van der Waals surface area contributed by atoms with Gasteiger partial charge in [0.15, 0.2) is 0 Å². The maximum atomic E-state index is 5.22. The first-order chi connectivity index (χ1) is 8.40. The van der Waals surface area contributed by atoms with Gasteiger partial charge in [-0.2, -0.15) is 0 Å². The summed E-state index contributed by atoms with van der Waals surface area (Å²) in [7, 11) is 2.04. The van der Waals surface area contributed by atoms with Gasteiger partial charge in [0.05, 0.1) is 12.5 Å². The SMILES string of the molecule is CNC(c1ccoc1)C1CCCc2sccc21. The van der Waals surface area contributed by atoms with Crippen molar-refractivity contribution < 1.29 is 4.42 Å². The van der Waals surface area contributed by atoms with Crippen molar-refractivity contribution in [2.75, 3.05) is 7.05 Å². The molecule has 0 amide bonds. The summed E-state index contributed by atoms with van der Waals surface area (Å²) in [5, 5.41) is 5.68. The molecule has 0 saturated heterocycles. The van der Waals surface area contributed by atoms with Crippen LogP contribution in [0.2, 0.25) is 0 Å². The second-order valence-electron chi connectivity index (χ2n) is 4.62. The van der Waals surface area contributed by atoms with Crippen molar-refractivity contribution in [1.29, 1.82) is 0 Å². The second-order valence-corrected chi connectivity index (χ2v) is 5.62. The van der Waals surface area contributed by atoms with E-state index in [9.17, 15) is 0 Å². The number of likely N-dealkylation sites (N-methyl/N-ethyl adjacent to an activating group) is 1. The van der Waals surface area contributed by atoms with E-state index < -0.39 is 0 Å². The van der Waals surface area contributed by atoms with Crippen LogP contribution < -0.4 is 5.32 Å². The molecule has 2 aromatic heterocycles. The Balaban J connectivity index is 1.94. The van der Waals surface area contributed by atoms with Crippen molar-refractivity contribution in [2.24, 2.45) is 0 Å². The third-order valence-electron chi connectivity index (χ3n) is 3.71. The van der Waals surface area contributed by atoms with E-state index in [1.165, 1.54) is 24.8 Å². The second kappa shape index (κ2) is 4.67. The van der Waals surface area contributed by atoms with Crippen LogP contribution in [0.15, 0.2) is 34.5 Å². The summed E-state index contributed by atoms with van der Waals surface area (Å²) >= 11 is 1.90. The number of rotatable bonds is 3. The number of aryl methyl sites for hydroxylation is 1. The minimum atomic E-state index is 0.377. The van der Waals surface area contributed by atoms with Gasteiger partial charge in [-0.3, -0.25) is 0 Å². The Kier molecular flexibility index (Phi) is 3.04. The van der Waals surface area contributed by atoms with E-state index in [0.29, 0.717) is 12.0 Å². The van der Waals surface area contributed by atoms with E-state index >= 15 is 0 Å². The zero-order valence-electron chi connectivity index (χ0n) is 9.98. The molecule has 2 nitrogen and oxygen atoms in total. The number of furan rings is 1. The zero-order chi connectivity index (χ0) is 11.7. The fourth-order valence-corrected chi connectivity index (χ4v) is 3.92. The fraction of sp³-hybridized carbons (Fsp3) is 0.429. The van der Waals surface area contributed by atoms with Gasteiger partial charge in [0.2, 0.25) is 0 Å². The van der Waals surface area contributed by atoms with Crippen LogP contribution in [0, 0.1) is 0 Å². The lowest BCUT2D eigenvalue weighted by Crippen LogP contribution is -2.25. The average molecular weight is 247 g/mol. The minimum absolute atomic E-state index is 0.377. The summed E-state index contributed by atoms with van der Waals surface area (Å²) in [6.07, 6.45) is 7.44. The van der Waals surface area contributed by atoms with Gasteiger partial charge in [-0.15, -0.1) is 11.3 Å². The van der Waals surface area contributed by atoms with E-state index in [2.05, 4.69) is 22.8 Å². The maximum absolute atomic E-state index is 5.22. The zero-order valence-corrected chi connectivity index (χ0v) is 10.8. The summed E-state index contributed by atoms with van der Waals surface area (Å²) in [6.45, 7) is 0. The molecule has 2 aromatic rings. The molecule has 0 saturated carbocycles. The standard InChI is InChI=1S/C14H17NOS/c1-15-14(10-5-7-16-9-10)12-3-2-4-13-11(12)6-8-17-13/h5-9,12,14-15H,2-4H2,1H3. The van der Waals surface area contributed by atoms with Crippen molar-refractivity contribution in [3.05, 3.63) is 46.0 Å². The van der Waals surface area contributed by atoms with Gasteiger partial charge in [0.25, 0.3) is 0 Å². The largest absolute Gasteiger partial charge is 0.472 e. The van der Waals surface area contributed by atoms with Gasteiger partial charge in [-0.05, 0) is 49.4 Å². The van der Waals surface area contributed by atoms with Crippen LogP contribution in [0.25, 0.3) is 0 Å². The maximum Gasteiger partial charge on any atom is 0.0950 e. The lowest BCUT2D eigenvalue weighted by Gasteiger charge is -2.30. The number of thiophene rings is 1. The Morgan fingerprint density at radius 3 is 3.18 bits per heavy atom.